The Hall–Kier alpha value is -0.810. The van der Waals surface area contributed by atoms with Gasteiger partial charge in [0.15, 0.2) is 5.96 Å². The molecule has 2 N–H and O–H groups in total. The fraction of sp³-hybridized carbons (Fsp3) is 0.955. The van der Waals surface area contributed by atoms with E-state index < -0.39 is 0 Å². The Labute approximate surface area is 166 Å². The molecule has 3 fully saturated rings. The molecule has 0 aromatic carbocycles. The first-order valence-corrected chi connectivity index (χ1v) is 11.3. The minimum atomic E-state index is 0.190. The lowest BCUT2D eigenvalue weighted by Gasteiger charge is -2.40. The molecule has 27 heavy (non-hydrogen) atoms. The molecule has 2 heterocycles. The van der Waals surface area contributed by atoms with Crippen molar-refractivity contribution in [1.82, 2.24) is 15.5 Å². The number of ether oxygens (including phenoxy) is 1. The summed E-state index contributed by atoms with van der Waals surface area (Å²) >= 11 is 0. The van der Waals surface area contributed by atoms with E-state index in [1.54, 1.807) is 0 Å². The smallest absolute Gasteiger partial charge is 0.191 e. The lowest BCUT2D eigenvalue weighted by Crippen LogP contribution is -2.49. The zero-order valence-corrected chi connectivity index (χ0v) is 18.1. The summed E-state index contributed by atoms with van der Waals surface area (Å²) in [6.07, 6.45) is 9.73. The normalized spacial score (nSPS) is 31.4. The molecule has 5 nitrogen and oxygen atoms in total. The molecule has 3 rings (SSSR count). The van der Waals surface area contributed by atoms with Crippen molar-refractivity contribution in [2.24, 2.45) is 22.2 Å². The average molecular weight is 379 g/mol. The van der Waals surface area contributed by atoms with Gasteiger partial charge in [0.25, 0.3) is 0 Å². The fourth-order valence-corrected chi connectivity index (χ4v) is 5.30. The number of hydrogen-bond donors (Lipinski definition) is 2. The van der Waals surface area contributed by atoms with Gasteiger partial charge in [0.2, 0.25) is 0 Å². The second-order valence-corrected chi connectivity index (χ2v) is 10.1. The van der Waals surface area contributed by atoms with Crippen LogP contribution in [-0.2, 0) is 4.74 Å². The topological polar surface area (TPSA) is 48.9 Å². The van der Waals surface area contributed by atoms with Gasteiger partial charge in [0, 0.05) is 51.8 Å². The zero-order chi connectivity index (χ0) is 19.3. The Morgan fingerprint density at radius 2 is 1.89 bits per heavy atom. The maximum absolute atomic E-state index is 6.12. The first kappa shape index (κ1) is 20.9. The Morgan fingerprint density at radius 3 is 2.59 bits per heavy atom. The van der Waals surface area contributed by atoms with Crippen LogP contribution in [-0.4, -0.2) is 62.8 Å². The number of aliphatic imine (C=N–C) groups is 1. The molecule has 2 aliphatic heterocycles. The second-order valence-electron chi connectivity index (χ2n) is 10.1. The van der Waals surface area contributed by atoms with Gasteiger partial charge in [-0.05, 0) is 43.4 Å². The third kappa shape index (κ3) is 6.08. The summed E-state index contributed by atoms with van der Waals surface area (Å²) in [5, 5.41) is 7.27. The standard InChI is InChI=1S/C22H42N4O/c1-22(2,3)20-18(10-7-13-27-20)14-24-21(23-4)25-19-11-12-26(16-19)15-17-8-5-6-9-17/h17-20H,5-16H2,1-4H3,(H2,23,24,25). The molecule has 1 saturated carbocycles. The number of likely N-dealkylation sites (tertiary alicyclic amines) is 1. The molecule has 156 valence electrons. The summed E-state index contributed by atoms with van der Waals surface area (Å²) in [7, 11) is 1.89. The third-order valence-corrected chi connectivity index (χ3v) is 6.66. The molecular formula is C22H42N4O. The van der Waals surface area contributed by atoms with Crippen molar-refractivity contribution >= 4 is 5.96 Å². The van der Waals surface area contributed by atoms with Crippen LogP contribution >= 0.6 is 0 Å². The molecule has 0 aromatic rings. The molecule has 3 atom stereocenters. The van der Waals surface area contributed by atoms with Crippen molar-refractivity contribution in [1.29, 1.82) is 0 Å². The van der Waals surface area contributed by atoms with Crippen molar-refractivity contribution < 1.29 is 4.74 Å². The van der Waals surface area contributed by atoms with E-state index in [4.69, 9.17) is 4.74 Å². The van der Waals surface area contributed by atoms with Crippen molar-refractivity contribution in [2.75, 3.05) is 39.8 Å². The van der Waals surface area contributed by atoms with Crippen LogP contribution in [0.1, 0.15) is 65.7 Å². The van der Waals surface area contributed by atoms with Gasteiger partial charge in [0.05, 0.1) is 6.10 Å². The number of nitrogens with zero attached hydrogens (tertiary/aromatic N) is 2. The average Bonchev–Trinajstić information content (AvgIpc) is 3.30. The summed E-state index contributed by atoms with van der Waals surface area (Å²) in [5.41, 5.74) is 0.190. The first-order chi connectivity index (χ1) is 13.0. The Bertz CT molecular complexity index is 481. The van der Waals surface area contributed by atoms with Crippen LogP contribution in [0.4, 0.5) is 0 Å². The van der Waals surface area contributed by atoms with Gasteiger partial charge < -0.3 is 20.3 Å². The molecule has 5 heteroatoms. The van der Waals surface area contributed by atoms with E-state index in [0.29, 0.717) is 18.1 Å². The molecule has 0 bridgehead atoms. The van der Waals surface area contributed by atoms with Gasteiger partial charge in [-0.15, -0.1) is 0 Å². The van der Waals surface area contributed by atoms with Gasteiger partial charge >= 0.3 is 0 Å². The van der Waals surface area contributed by atoms with Crippen LogP contribution in [0.25, 0.3) is 0 Å². The van der Waals surface area contributed by atoms with Crippen molar-refractivity contribution in [3.63, 3.8) is 0 Å². The zero-order valence-electron chi connectivity index (χ0n) is 18.1. The predicted molar refractivity (Wildman–Crippen MR) is 113 cm³/mol. The van der Waals surface area contributed by atoms with Crippen LogP contribution in [0, 0.1) is 17.3 Å². The SMILES string of the molecule is CN=C(NCC1CCCOC1C(C)(C)C)NC1CCN(CC2CCCC2)C1. The van der Waals surface area contributed by atoms with Crippen molar-refractivity contribution in [2.45, 2.75) is 77.9 Å². The second kappa shape index (κ2) is 9.60. The van der Waals surface area contributed by atoms with E-state index in [0.717, 1.165) is 31.6 Å². The molecule has 1 aliphatic carbocycles. The lowest BCUT2D eigenvalue weighted by atomic mass is 9.78. The van der Waals surface area contributed by atoms with Gasteiger partial charge in [-0.1, -0.05) is 33.6 Å². The number of hydrogen-bond acceptors (Lipinski definition) is 3. The predicted octanol–water partition coefficient (Wildman–Crippen LogP) is 3.26. The summed E-state index contributed by atoms with van der Waals surface area (Å²) in [6, 6.07) is 0.527. The highest BCUT2D eigenvalue weighted by Crippen LogP contribution is 2.33. The largest absolute Gasteiger partial charge is 0.377 e. The van der Waals surface area contributed by atoms with Gasteiger partial charge in [-0.2, -0.15) is 0 Å². The first-order valence-electron chi connectivity index (χ1n) is 11.3. The highest BCUT2D eigenvalue weighted by atomic mass is 16.5. The summed E-state index contributed by atoms with van der Waals surface area (Å²) in [4.78, 5) is 7.14. The van der Waals surface area contributed by atoms with Gasteiger partial charge in [-0.3, -0.25) is 4.99 Å². The number of guanidine groups is 1. The van der Waals surface area contributed by atoms with Crippen molar-refractivity contribution in [3.05, 3.63) is 0 Å². The summed E-state index contributed by atoms with van der Waals surface area (Å²) < 4.78 is 6.12. The van der Waals surface area contributed by atoms with Crippen LogP contribution in [0.15, 0.2) is 4.99 Å². The van der Waals surface area contributed by atoms with E-state index in [2.05, 4.69) is 41.3 Å². The monoisotopic (exact) mass is 378 g/mol. The number of nitrogens with one attached hydrogen (secondary N) is 2. The third-order valence-electron chi connectivity index (χ3n) is 6.66. The van der Waals surface area contributed by atoms with Crippen LogP contribution in [0.3, 0.4) is 0 Å². The lowest BCUT2D eigenvalue weighted by molar-refractivity contribution is -0.0835. The molecule has 0 spiro atoms. The minimum Gasteiger partial charge on any atom is -0.377 e. The van der Waals surface area contributed by atoms with Crippen LogP contribution in [0.5, 0.6) is 0 Å². The summed E-state index contributed by atoms with van der Waals surface area (Å²) in [6.45, 7) is 12.4. The van der Waals surface area contributed by atoms with Crippen LogP contribution in [0.2, 0.25) is 0 Å². The highest BCUT2D eigenvalue weighted by molar-refractivity contribution is 5.80. The molecular weight excluding hydrogens is 336 g/mol. The van der Waals surface area contributed by atoms with E-state index in [1.165, 1.54) is 58.0 Å². The molecule has 2 saturated heterocycles. The van der Waals surface area contributed by atoms with E-state index in [9.17, 15) is 0 Å². The van der Waals surface area contributed by atoms with Gasteiger partial charge in [0.1, 0.15) is 0 Å². The van der Waals surface area contributed by atoms with Gasteiger partial charge in [-0.25, -0.2) is 0 Å². The van der Waals surface area contributed by atoms with Crippen LogP contribution < -0.4 is 10.6 Å². The maximum atomic E-state index is 6.12. The quantitative estimate of drug-likeness (QED) is 0.569. The molecule has 0 radical (unpaired) electrons. The molecule has 0 amide bonds. The Morgan fingerprint density at radius 1 is 1.11 bits per heavy atom. The van der Waals surface area contributed by atoms with Crippen molar-refractivity contribution in [3.8, 4) is 0 Å². The Balaban J connectivity index is 1.42. The highest BCUT2D eigenvalue weighted by Gasteiger charge is 2.35. The molecule has 3 aliphatic rings. The minimum absolute atomic E-state index is 0.190. The number of rotatable bonds is 5. The fourth-order valence-electron chi connectivity index (χ4n) is 5.30. The maximum Gasteiger partial charge on any atom is 0.191 e. The molecule has 0 aromatic heterocycles. The Kier molecular flexibility index (Phi) is 7.43. The summed E-state index contributed by atoms with van der Waals surface area (Å²) in [5.74, 6) is 2.46. The molecule has 3 unspecified atom stereocenters. The van der Waals surface area contributed by atoms with E-state index in [-0.39, 0.29) is 5.41 Å². The van der Waals surface area contributed by atoms with E-state index >= 15 is 0 Å². The van der Waals surface area contributed by atoms with E-state index in [1.807, 2.05) is 7.05 Å².